The lowest BCUT2D eigenvalue weighted by Crippen LogP contribution is -2.27. The van der Waals surface area contributed by atoms with E-state index in [1.54, 1.807) is 49.6 Å². The topological polar surface area (TPSA) is 118 Å². The number of aryl methyl sites for hydroxylation is 2. The van der Waals surface area contributed by atoms with Crippen LogP contribution in [0.4, 0.5) is 15.8 Å². The average molecular weight is 451 g/mol. The summed E-state index contributed by atoms with van der Waals surface area (Å²) in [5, 5.41) is 5.44. The molecule has 0 saturated carbocycles. The summed E-state index contributed by atoms with van der Waals surface area (Å²) < 4.78 is 21.5. The van der Waals surface area contributed by atoms with Crippen LogP contribution in [-0.2, 0) is 4.79 Å². The molecule has 0 aliphatic carbocycles. The van der Waals surface area contributed by atoms with Gasteiger partial charge in [-0.3, -0.25) is 14.0 Å². The Morgan fingerprint density at radius 1 is 1.12 bits per heavy atom. The Labute approximate surface area is 188 Å². The summed E-state index contributed by atoms with van der Waals surface area (Å²) in [4.78, 5) is 38.9. The molecule has 170 valence electrons. The largest absolute Gasteiger partial charge is 0.436 e. The Balaban J connectivity index is 1.59. The number of anilines is 2. The number of carbonyl (C=O) groups excluding carboxylic acids is 2. The molecule has 0 saturated heterocycles. The SMILES string of the molecule is Cc1nc(C)c(C(=O)Nc2ccc(F)c(-c3cn4cc(NC(=O)CN(C)C)cnc4n3)c2)o1. The second kappa shape index (κ2) is 8.79. The number of hydrogen-bond acceptors (Lipinski definition) is 7. The van der Waals surface area contributed by atoms with E-state index in [0.29, 0.717) is 34.4 Å². The number of oxazole rings is 1. The van der Waals surface area contributed by atoms with Gasteiger partial charge >= 0.3 is 0 Å². The highest BCUT2D eigenvalue weighted by molar-refractivity contribution is 6.03. The molecule has 1 aromatic carbocycles. The first kappa shape index (κ1) is 22.1. The number of benzene rings is 1. The Hall–Kier alpha value is -4.12. The van der Waals surface area contributed by atoms with Crippen molar-refractivity contribution < 1.29 is 18.4 Å². The van der Waals surface area contributed by atoms with Crippen LogP contribution in [0.1, 0.15) is 22.1 Å². The molecule has 33 heavy (non-hydrogen) atoms. The van der Waals surface area contributed by atoms with Gasteiger partial charge in [0, 0.05) is 30.6 Å². The van der Waals surface area contributed by atoms with Gasteiger partial charge in [0.25, 0.3) is 5.91 Å². The highest BCUT2D eigenvalue weighted by Crippen LogP contribution is 2.26. The van der Waals surface area contributed by atoms with Gasteiger partial charge in [-0.1, -0.05) is 0 Å². The quantitative estimate of drug-likeness (QED) is 0.463. The monoisotopic (exact) mass is 451 g/mol. The van der Waals surface area contributed by atoms with Gasteiger partial charge < -0.3 is 20.0 Å². The van der Waals surface area contributed by atoms with E-state index in [4.69, 9.17) is 4.42 Å². The minimum Gasteiger partial charge on any atom is -0.436 e. The molecule has 0 bridgehead atoms. The maximum Gasteiger partial charge on any atom is 0.293 e. The first-order valence-corrected chi connectivity index (χ1v) is 10.0. The van der Waals surface area contributed by atoms with Gasteiger partial charge in [-0.2, -0.15) is 0 Å². The Morgan fingerprint density at radius 3 is 2.61 bits per heavy atom. The first-order chi connectivity index (χ1) is 15.7. The van der Waals surface area contributed by atoms with E-state index < -0.39 is 11.7 Å². The van der Waals surface area contributed by atoms with Crippen molar-refractivity contribution in [1.29, 1.82) is 0 Å². The molecule has 2 N–H and O–H groups in total. The van der Waals surface area contributed by atoms with Crippen LogP contribution in [0.5, 0.6) is 0 Å². The molecule has 0 radical (unpaired) electrons. The van der Waals surface area contributed by atoms with Crippen LogP contribution in [-0.4, -0.2) is 56.7 Å². The number of hydrogen-bond donors (Lipinski definition) is 2. The number of aromatic nitrogens is 4. The number of imidazole rings is 1. The zero-order chi connectivity index (χ0) is 23.7. The van der Waals surface area contributed by atoms with Gasteiger partial charge in [0.15, 0.2) is 5.89 Å². The lowest BCUT2D eigenvalue weighted by Gasteiger charge is -2.09. The highest BCUT2D eigenvalue weighted by Gasteiger charge is 2.18. The molecule has 0 unspecified atom stereocenters. The van der Waals surface area contributed by atoms with Crippen LogP contribution in [0.25, 0.3) is 17.0 Å². The van der Waals surface area contributed by atoms with Crippen LogP contribution >= 0.6 is 0 Å². The summed E-state index contributed by atoms with van der Waals surface area (Å²) >= 11 is 0. The van der Waals surface area contributed by atoms with Crippen LogP contribution < -0.4 is 10.6 Å². The first-order valence-electron chi connectivity index (χ1n) is 10.0. The van der Waals surface area contributed by atoms with E-state index in [-0.39, 0.29) is 23.8 Å². The van der Waals surface area contributed by atoms with Crippen molar-refractivity contribution in [2.45, 2.75) is 13.8 Å². The van der Waals surface area contributed by atoms with Gasteiger partial charge in [-0.05, 0) is 39.2 Å². The molecule has 0 fully saturated rings. The summed E-state index contributed by atoms with van der Waals surface area (Å²) in [7, 11) is 3.59. The van der Waals surface area contributed by atoms with Crippen LogP contribution in [0.2, 0.25) is 0 Å². The second-order valence-electron chi connectivity index (χ2n) is 7.76. The van der Waals surface area contributed by atoms with E-state index in [0.717, 1.165) is 0 Å². The number of halogens is 1. The molecule has 11 heteroatoms. The molecule has 4 rings (SSSR count). The van der Waals surface area contributed by atoms with Crippen molar-refractivity contribution >= 4 is 29.0 Å². The van der Waals surface area contributed by atoms with E-state index in [9.17, 15) is 14.0 Å². The van der Waals surface area contributed by atoms with E-state index in [1.165, 1.54) is 24.4 Å². The van der Waals surface area contributed by atoms with Crippen molar-refractivity contribution in [3.8, 4) is 11.3 Å². The number of nitrogens with one attached hydrogen (secondary N) is 2. The fraction of sp³-hybridized carbons (Fsp3) is 0.227. The molecule has 3 aromatic heterocycles. The summed E-state index contributed by atoms with van der Waals surface area (Å²) in [6.07, 6.45) is 4.72. The maximum absolute atomic E-state index is 14.6. The van der Waals surface area contributed by atoms with Crippen molar-refractivity contribution in [2.24, 2.45) is 0 Å². The van der Waals surface area contributed by atoms with E-state index >= 15 is 0 Å². The molecule has 0 aliphatic heterocycles. The second-order valence-corrected chi connectivity index (χ2v) is 7.76. The number of carbonyl (C=O) groups is 2. The highest BCUT2D eigenvalue weighted by atomic mass is 19.1. The molecule has 2 amide bonds. The smallest absolute Gasteiger partial charge is 0.293 e. The third-order valence-electron chi connectivity index (χ3n) is 4.66. The fourth-order valence-electron chi connectivity index (χ4n) is 3.30. The minimum absolute atomic E-state index is 0.0964. The van der Waals surface area contributed by atoms with Gasteiger partial charge in [-0.15, -0.1) is 0 Å². The number of likely N-dealkylation sites (N-methyl/N-ethyl adjacent to an activating group) is 1. The Bertz CT molecular complexity index is 1360. The van der Waals surface area contributed by atoms with Gasteiger partial charge in [0.1, 0.15) is 5.82 Å². The third-order valence-corrected chi connectivity index (χ3v) is 4.66. The van der Waals surface area contributed by atoms with E-state index in [1.807, 2.05) is 0 Å². The van der Waals surface area contributed by atoms with Gasteiger partial charge in [0.05, 0.1) is 29.8 Å². The third kappa shape index (κ3) is 4.88. The molecular weight excluding hydrogens is 429 g/mol. The van der Waals surface area contributed by atoms with E-state index in [2.05, 4.69) is 25.6 Å². The van der Waals surface area contributed by atoms with Gasteiger partial charge in [-0.25, -0.2) is 19.3 Å². The zero-order valence-electron chi connectivity index (χ0n) is 18.5. The summed E-state index contributed by atoms with van der Waals surface area (Å²) in [6.45, 7) is 3.54. The zero-order valence-corrected chi connectivity index (χ0v) is 18.5. The number of nitrogens with zero attached hydrogens (tertiary/aromatic N) is 5. The van der Waals surface area contributed by atoms with Crippen molar-refractivity contribution in [1.82, 2.24) is 24.3 Å². The van der Waals surface area contributed by atoms with Gasteiger partial charge in [0.2, 0.25) is 17.4 Å². The number of amides is 2. The van der Waals surface area contributed by atoms with Crippen LogP contribution in [0.15, 0.2) is 41.2 Å². The van der Waals surface area contributed by atoms with Crippen molar-refractivity contribution in [3.63, 3.8) is 0 Å². The number of fused-ring (bicyclic) bond motifs is 1. The molecule has 0 aliphatic rings. The molecule has 0 spiro atoms. The molecule has 10 nitrogen and oxygen atoms in total. The standard InChI is InChI=1S/C22H22FN7O3/c1-12-20(33-13(2)25-12)21(32)27-14-5-6-17(23)16(7-14)18-10-30-9-15(8-24-22(30)28-18)26-19(31)11-29(3)4/h5-10H,11H2,1-4H3,(H,26,31)(H,27,32). The average Bonchev–Trinajstić information content (AvgIpc) is 3.30. The summed E-state index contributed by atoms with van der Waals surface area (Å²) in [6, 6.07) is 4.17. The Kier molecular flexibility index (Phi) is 5.88. The lowest BCUT2D eigenvalue weighted by atomic mass is 10.1. The summed E-state index contributed by atoms with van der Waals surface area (Å²) in [5.74, 6) is -0.375. The van der Waals surface area contributed by atoms with Crippen LogP contribution in [0.3, 0.4) is 0 Å². The molecular formula is C22H22FN7O3. The van der Waals surface area contributed by atoms with Crippen molar-refractivity contribution in [2.75, 3.05) is 31.3 Å². The Morgan fingerprint density at radius 2 is 1.91 bits per heavy atom. The predicted molar refractivity (Wildman–Crippen MR) is 119 cm³/mol. The summed E-state index contributed by atoms with van der Waals surface area (Å²) in [5.41, 5.74) is 1.82. The molecule has 4 aromatic rings. The maximum atomic E-state index is 14.6. The lowest BCUT2D eigenvalue weighted by molar-refractivity contribution is -0.116. The molecule has 3 heterocycles. The van der Waals surface area contributed by atoms with Crippen LogP contribution in [0, 0.1) is 19.7 Å². The molecule has 0 atom stereocenters. The minimum atomic E-state index is -0.511. The normalized spacial score (nSPS) is 11.2. The predicted octanol–water partition coefficient (Wildman–Crippen LogP) is 2.89. The van der Waals surface area contributed by atoms with Crippen molar-refractivity contribution in [3.05, 3.63) is 60.0 Å². The number of rotatable bonds is 6. The fourth-order valence-corrected chi connectivity index (χ4v) is 3.30.